The number of piperidine rings is 1. The van der Waals surface area contributed by atoms with Crippen LogP contribution < -0.4 is 15.4 Å². The molecule has 0 saturated carbocycles. The van der Waals surface area contributed by atoms with Crippen molar-refractivity contribution in [2.45, 2.75) is 12.8 Å². The quantitative estimate of drug-likeness (QED) is 0.865. The van der Waals surface area contributed by atoms with Crippen molar-refractivity contribution in [2.75, 3.05) is 26.7 Å². The van der Waals surface area contributed by atoms with Gasteiger partial charge < -0.3 is 15.4 Å². The van der Waals surface area contributed by atoms with E-state index in [1.165, 1.54) is 6.42 Å². The molecule has 130 valence electrons. The molecule has 1 fully saturated rings. The smallest absolute Gasteiger partial charge is 0.271 e. The molecule has 0 radical (unpaired) electrons. The highest BCUT2D eigenvalue weighted by Gasteiger charge is 2.15. The molecular weight excluding hydrogens is 328 g/mol. The Labute approximate surface area is 148 Å². The number of halogens is 1. The maximum absolute atomic E-state index is 12.2. The summed E-state index contributed by atoms with van der Waals surface area (Å²) in [4.78, 5) is 12.2. The van der Waals surface area contributed by atoms with E-state index in [9.17, 15) is 4.79 Å². The number of ether oxygens (including phenoxy) is 1. The predicted molar refractivity (Wildman–Crippen MR) is 95.3 cm³/mol. The Balaban J connectivity index is 0.00000208. The van der Waals surface area contributed by atoms with Crippen molar-refractivity contribution in [1.29, 1.82) is 0 Å². The fraction of sp³-hybridized carbons (Fsp3) is 0.412. The van der Waals surface area contributed by atoms with E-state index in [1.54, 1.807) is 24.1 Å². The summed E-state index contributed by atoms with van der Waals surface area (Å²) in [5.74, 6) is 1.18. The van der Waals surface area contributed by atoms with Gasteiger partial charge in [-0.25, -0.2) is 4.68 Å². The van der Waals surface area contributed by atoms with Crippen LogP contribution in [0.15, 0.2) is 36.5 Å². The number of benzene rings is 1. The zero-order valence-electron chi connectivity index (χ0n) is 13.7. The second kappa shape index (κ2) is 8.70. The van der Waals surface area contributed by atoms with Crippen LogP contribution in [0.4, 0.5) is 0 Å². The van der Waals surface area contributed by atoms with Gasteiger partial charge in [-0.3, -0.25) is 4.79 Å². The summed E-state index contributed by atoms with van der Waals surface area (Å²) < 4.78 is 6.83. The van der Waals surface area contributed by atoms with Crippen LogP contribution in [-0.4, -0.2) is 42.4 Å². The lowest BCUT2D eigenvalue weighted by Crippen LogP contribution is -2.38. The molecule has 1 unspecified atom stereocenters. The SMILES string of the molecule is COc1ccc(-n2ccc(C(=O)NCC3CCCNC3)n2)cc1.Cl. The van der Waals surface area contributed by atoms with Crippen molar-refractivity contribution in [3.63, 3.8) is 0 Å². The zero-order chi connectivity index (χ0) is 16.1. The second-order valence-electron chi connectivity index (χ2n) is 5.77. The second-order valence-corrected chi connectivity index (χ2v) is 5.77. The Kier molecular flexibility index (Phi) is 6.63. The Morgan fingerprint density at radius 3 is 2.83 bits per heavy atom. The number of rotatable bonds is 5. The van der Waals surface area contributed by atoms with E-state index in [0.717, 1.165) is 30.9 Å². The Morgan fingerprint density at radius 1 is 1.38 bits per heavy atom. The summed E-state index contributed by atoms with van der Waals surface area (Å²) in [6, 6.07) is 9.28. The van der Waals surface area contributed by atoms with Crippen molar-refractivity contribution in [3.8, 4) is 11.4 Å². The van der Waals surface area contributed by atoms with E-state index in [2.05, 4.69) is 15.7 Å². The van der Waals surface area contributed by atoms with Gasteiger partial charge in [0.1, 0.15) is 5.75 Å². The van der Waals surface area contributed by atoms with Crippen LogP contribution in [0.5, 0.6) is 5.75 Å². The molecule has 7 heteroatoms. The van der Waals surface area contributed by atoms with Crippen LogP contribution in [-0.2, 0) is 0 Å². The number of carbonyl (C=O) groups is 1. The molecule has 1 aliphatic rings. The number of hydrogen-bond donors (Lipinski definition) is 2. The van der Waals surface area contributed by atoms with Gasteiger partial charge in [0.2, 0.25) is 0 Å². The summed E-state index contributed by atoms with van der Waals surface area (Å²) in [7, 11) is 1.63. The minimum Gasteiger partial charge on any atom is -0.497 e. The average Bonchev–Trinajstić information content (AvgIpc) is 3.11. The monoisotopic (exact) mass is 350 g/mol. The molecule has 1 atom stereocenters. The third kappa shape index (κ3) is 4.49. The van der Waals surface area contributed by atoms with Gasteiger partial charge in [-0.2, -0.15) is 5.10 Å². The Bertz CT molecular complexity index is 651. The number of nitrogens with one attached hydrogen (secondary N) is 2. The van der Waals surface area contributed by atoms with Crippen molar-refractivity contribution in [2.24, 2.45) is 5.92 Å². The molecule has 24 heavy (non-hydrogen) atoms. The van der Waals surface area contributed by atoms with E-state index >= 15 is 0 Å². The summed E-state index contributed by atoms with van der Waals surface area (Å²) in [6.07, 6.45) is 4.12. The van der Waals surface area contributed by atoms with Crippen LogP contribution in [0.25, 0.3) is 5.69 Å². The van der Waals surface area contributed by atoms with E-state index < -0.39 is 0 Å². The van der Waals surface area contributed by atoms with Gasteiger partial charge in [-0.15, -0.1) is 12.4 Å². The molecule has 1 aliphatic heterocycles. The summed E-state index contributed by atoms with van der Waals surface area (Å²) in [5, 5.41) is 10.7. The van der Waals surface area contributed by atoms with Crippen molar-refractivity contribution >= 4 is 18.3 Å². The largest absolute Gasteiger partial charge is 0.497 e. The van der Waals surface area contributed by atoms with Crippen molar-refractivity contribution in [3.05, 3.63) is 42.2 Å². The molecule has 2 N–H and O–H groups in total. The third-order valence-corrected chi connectivity index (χ3v) is 4.11. The highest BCUT2D eigenvalue weighted by Crippen LogP contribution is 2.14. The van der Waals surface area contributed by atoms with Crippen LogP contribution in [0.2, 0.25) is 0 Å². The topological polar surface area (TPSA) is 68.2 Å². The van der Waals surface area contributed by atoms with E-state index in [0.29, 0.717) is 18.2 Å². The van der Waals surface area contributed by atoms with Crippen LogP contribution in [0, 0.1) is 5.92 Å². The molecule has 2 heterocycles. The van der Waals surface area contributed by atoms with E-state index in [-0.39, 0.29) is 18.3 Å². The number of methoxy groups -OCH3 is 1. The molecule has 0 aliphatic carbocycles. The molecule has 1 aromatic heterocycles. The maximum Gasteiger partial charge on any atom is 0.271 e. The molecule has 1 saturated heterocycles. The van der Waals surface area contributed by atoms with Gasteiger partial charge in [0.25, 0.3) is 5.91 Å². The molecule has 6 nitrogen and oxygen atoms in total. The number of carbonyl (C=O) groups excluding carboxylic acids is 1. The molecule has 0 bridgehead atoms. The average molecular weight is 351 g/mol. The van der Waals surface area contributed by atoms with E-state index in [4.69, 9.17) is 4.74 Å². The first-order valence-corrected chi connectivity index (χ1v) is 7.95. The third-order valence-electron chi connectivity index (χ3n) is 4.11. The van der Waals surface area contributed by atoms with Gasteiger partial charge in [0.15, 0.2) is 5.69 Å². The molecule has 3 rings (SSSR count). The molecule has 1 aromatic carbocycles. The molecule has 2 aromatic rings. The first-order valence-electron chi connectivity index (χ1n) is 7.95. The van der Waals surface area contributed by atoms with Gasteiger partial charge >= 0.3 is 0 Å². The van der Waals surface area contributed by atoms with Crippen molar-refractivity contribution < 1.29 is 9.53 Å². The predicted octanol–water partition coefficient (Wildman–Crippen LogP) is 2.03. The maximum atomic E-state index is 12.2. The summed E-state index contributed by atoms with van der Waals surface area (Å²) in [6.45, 7) is 2.75. The highest BCUT2D eigenvalue weighted by atomic mass is 35.5. The highest BCUT2D eigenvalue weighted by molar-refractivity contribution is 5.92. The number of nitrogens with zero attached hydrogens (tertiary/aromatic N) is 2. The summed E-state index contributed by atoms with van der Waals surface area (Å²) >= 11 is 0. The van der Waals surface area contributed by atoms with Gasteiger partial charge in [-0.1, -0.05) is 0 Å². The van der Waals surface area contributed by atoms with E-state index in [1.807, 2.05) is 24.3 Å². The lowest BCUT2D eigenvalue weighted by molar-refractivity contribution is 0.0939. The molecule has 0 spiro atoms. The van der Waals surface area contributed by atoms with Gasteiger partial charge in [-0.05, 0) is 62.2 Å². The molecule has 1 amide bonds. The van der Waals surface area contributed by atoms with Crippen LogP contribution >= 0.6 is 12.4 Å². The number of aromatic nitrogens is 2. The fourth-order valence-electron chi connectivity index (χ4n) is 2.75. The lowest BCUT2D eigenvalue weighted by Gasteiger charge is -2.22. The normalized spacial score (nSPS) is 17.0. The number of amides is 1. The first kappa shape index (κ1) is 18.3. The first-order chi connectivity index (χ1) is 11.3. The lowest BCUT2D eigenvalue weighted by atomic mass is 10.00. The van der Waals surface area contributed by atoms with Gasteiger partial charge in [0, 0.05) is 12.7 Å². The number of hydrogen-bond acceptors (Lipinski definition) is 4. The Hall–Kier alpha value is -2.05. The molecular formula is C17H23ClN4O2. The zero-order valence-corrected chi connectivity index (χ0v) is 14.5. The minimum absolute atomic E-state index is 0. The summed E-state index contributed by atoms with van der Waals surface area (Å²) in [5.41, 5.74) is 1.32. The van der Waals surface area contributed by atoms with Crippen LogP contribution in [0.1, 0.15) is 23.3 Å². The minimum atomic E-state index is -0.122. The standard InChI is InChI=1S/C17H22N4O2.ClH/c1-23-15-6-4-14(5-7-15)21-10-8-16(20-21)17(22)19-12-13-3-2-9-18-11-13;/h4-8,10,13,18H,2-3,9,11-12H2,1H3,(H,19,22);1H. The Morgan fingerprint density at radius 2 is 2.17 bits per heavy atom. The fourth-order valence-corrected chi connectivity index (χ4v) is 2.75. The van der Waals surface area contributed by atoms with Gasteiger partial charge in [0.05, 0.1) is 12.8 Å². The van der Waals surface area contributed by atoms with Crippen molar-refractivity contribution in [1.82, 2.24) is 20.4 Å². The van der Waals surface area contributed by atoms with Crippen LogP contribution in [0.3, 0.4) is 0 Å².